The van der Waals surface area contributed by atoms with Crippen LogP contribution in [0.1, 0.15) is 25.0 Å². The van der Waals surface area contributed by atoms with Crippen molar-refractivity contribution in [2.24, 2.45) is 5.92 Å². The monoisotopic (exact) mass is 477 g/mol. The fourth-order valence-electron chi connectivity index (χ4n) is 3.35. The number of amides is 1. The van der Waals surface area contributed by atoms with E-state index in [1.807, 2.05) is 24.5 Å². The van der Waals surface area contributed by atoms with Crippen LogP contribution in [0.15, 0.2) is 52.3 Å². The molecule has 9 heteroatoms. The first-order valence-corrected chi connectivity index (χ1v) is 13.4. The van der Waals surface area contributed by atoms with E-state index in [0.717, 1.165) is 48.9 Å². The minimum atomic E-state index is -3.74. The van der Waals surface area contributed by atoms with E-state index in [1.54, 1.807) is 26.0 Å². The van der Waals surface area contributed by atoms with Gasteiger partial charge in [0.25, 0.3) is 0 Å². The highest BCUT2D eigenvalue weighted by atomic mass is 32.2. The van der Waals surface area contributed by atoms with Gasteiger partial charge in [0.2, 0.25) is 15.9 Å². The maximum atomic E-state index is 12.9. The Morgan fingerprint density at radius 3 is 2.53 bits per heavy atom. The Labute approximate surface area is 195 Å². The first-order valence-electron chi connectivity index (χ1n) is 10.6. The van der Waals surface area contributed by atoms with Crippen molar-refractivity contribution in [3.8, 4) is 0 Å². The van der Waals surface area contributed by atoms with Crippen molar-refractivity contribution >= 4 is 33.4 Å². The number of nitrogens with zero attached hydrogens (tertiary/aromatic N) is 1. The molecule has 7 nitrogen and oxygen atoms in total. The number of carbonyl (C=O) groups excluding carboxylic acids is 1. The number of rotatable bonds is 9. The van der Waals surface area contributed by atoms with Gasteiger partial charge in [-0.2, -0.15) is 0 Å². The van der Waals surface area contributed by atoms with E-state index in [1.165, 1.54) is 17.8 Å². The molecule has 0 spiro atoms. The molecule has 0 bridgehead atoms. The van der Waals surface area contributed by atoms with Crippen LogP contribution in [0.4, 0.5) is 5.69 Å². The highest BCUT2D eigenvalue weighted by molar-refractivity contribution is 7.98. The lowest BCUT2D eigenvalue weighted by molar-refractivity contribution is -0.118. The van der Waals surface area contributed by atoms with Crippen LogP contribution in [0.5, 0.6) is 0 Å². The molecule has 0 atom stereocenters. The molecular weight excluding hydrogens is 446 g/mol. The van der Waals surface area contributed by atoms with Crippen LogP contribution in [0.3, 0.4) is 0 Å². The molecular formula is C23H31N3O4S2. The van der Waals surface area contributed by atoms with E-state index in [2.05, 4.69) is 21.0 Å². The minimum absolute atomic E-state index is 0.124. The minimum Gasteiger partial charge on any atom is -0.379 e. The molecule has 1 aliphatic rings. The molecule has 3 rings (SSSR count). The molecule has 1 amide bonds. The van der Waals surface area contributed by atoms with Gasteiger partial charge >= 0.3 is 0 Å². The third kappa shape index (κ3) is 6.79. The zero-order valence-corrected chi connectivity index (χ0v) is 20.4. The number of ether oxygens (including phenoxy) is 1. The molecule has 174 valence electrons. The van der Waals surface area contributed by atoms with Crippen LogP contribution in [0, 0.1) is 5.92 Å². The molecule has 1 aliphatic heterocycles. The second-order valence-electron chi connectivity index (χ2n) is 8.04. The Morgan fingerprint density at radius 1 is 1.12 bits per heavy atom. The highest BCUT2D eigenvalue weighted by Gasteiger charge is 2.18. The lowest BCUT2D eigenvalue weighted by Gasteiger charge is -2.26. The maximum Gasteiger partial charge on any atom is 0.240 e. The second-order valence-corrected chi connectivity index (χ2v) is 10.7. The van der Waals surface area contributed by atoms with E-state index < -0.39 is 10.0 Å². The van der Waals surface area contributed by atoms with Crippen LogP contribution in [0.2, 0.25) is 0 Å². The summed E-state index contributed by atoms with van der Waals surface area (Å²) in [4.78, 5) is 15.4. The topological polar surface area (TPSA) is 87.7 Å². The van der Waals surface area contributed by atoms with Gasteiger partial charge in [-0.15, -0.1) is 11.8 Å². The number of sulfonamides is 1. The average Bonchev–Trinajstić information content (AvgIpc) is 2.78. The molecule has 32 heavy (non-hydrogen) atoms. The van der Waals surface area contributed by atoms with E-state index in [0.29, 0.717) is 5.69 Å². The van der Waals surface area contributed by atoms with Crippen molar-refractivity contribution in [1.82, 2.24) is 9.62 Å². The smallest absolute Gasteiger partial charge is 0.240 e. The summed E-state index contributed by atoms with van der Waals surface area (Å²) in [6.45, 7) is 7.89. The number of benzene rings is 2. The summed E-state index contributed by atoms with van der Waals surface area (Å²) in [5.74, 6) is -0.354. The predicted octanol–water partition coefficient (Wildman–Crippen LogP) is 3.31. The Bertz CT molecular complexity index is 1040. The van der Waals surface area contributed by atoms with Crippen LogP contribution in [-0.2, 0) is 32.6 Å². The molecule has 1 heterocycles. The molecule has 0 unspecified atom stereocenters. The van der Waals surface area contributed by atoms with Crippen LogP contribution >= 0.6 is 11.8 Å². The predicted molar refractivity (Wildman–Crippen MR) is 128 cm³/mol. The number of thioether (sulfide) groups is 1. The molecule has 0 aromatic heterocycles. The number of hydrogen-bond acceptors (Lipinski definition) is 6. The Morgan fingerprint density at radius 2 is 1.84 bits per heavy atom. The second kappa shape index (κ2) is 11.3. The summed E-state index contributed by atoms with van der Waals surface area (Å²) >= 11 is 1.45. The van der Waals surface area contributed by atoms with Gasteiger partial charge in [0.15, 0.2) is 0 Å². The van der Waals surface area contributed by atoms with E-state index >= 15 is 0 Å². The van der Waals surface area contributed by atoms with Crippen molar-refractivity contribution in [3.63, 3.8) is 0 Å². The molecule has 0 aliphatic carbocycles. The molecule has 0 radical (unpaired) electrons. The number of anilines is 1. The van der Waals surface area contributed by atoms with Crippen molar-refractivity contribution in [1.29, 1.82) is 0 Å². The summed E-state index contributed by atoms with van der Waals surface area (Å²) in [6.07, 6.45) is 1.89. The van der Waals surface area contributed by atoms with Gasteiger partial charge in [-0.3, -0.25) is 9.69 Å². The number of carbonyl (C=O) groups is 1. The van der Waals surface area contributed by atoms with Gasteiger partial charge in [0.1, 0.15) is 0 Å². The van der Waals surface area contributed by atoms with Crippen LogP contribution < -0.4 is 10.0 Å². The third-order valence-corrected chi connectivity index (χ3v) is 7.43. The summed E-state index contributed by atoms with van der Waals surface area (Å²) in [5.41, 5.74) is 2.55. The van der Waals surface area contributed by atoms with Gasteiger partial charge < -0.3 is 10.1 Å². The van der Waals surface area contributed by atoms with Crippen molar-refractivity contribution in [2.45, 2.75) is 36.7 Å². The van der Waals surface area contributed by atoms with E-state index in [-0.39, 0.29) is 23.3 Å². The molecule has 2 aromatic rings. The maximum absolute atomic E-state index is 12.9. The molecule has 1 fully saturated rings. The summed E-state index contributed by atoms with van der Waals surface area (Å²) in [6, 6.07) is 12.7. The lowest BCUT2D eigenvalue weighted by atomic mass is 10.1. The van der Waals surface area contributed by atoms with E-state index in [9.17, 15) is 13.2 Å². The first-order chi connectivity index (χ1) is 15.3. The van der Waals surface area contributed by atoms with Gasteiger partial charge in [0, 0.05) is 37.0 Å². The normalized spacial score (nSPS) is 15.1. The first kappa shape index (κ1) is 24.7. The molecule has 1 saturated heterocycles. The standard InChI is InChI=1S/C23H31N3O4S2/c1-17(2)23(27)25-21-14-20(7-8-22(21)31-3)32(28,29)24-15-18-5-4-6-19(13-18)16-26-9-11-30-12-10-26/h4-8,13-14,17,24H,9-12,15-16H2,1-3H3,(H,25,27). The quantitative estimate of drug-likeness (QED) is 0.539. The largest absolute Gasteiger partial charge is 0.379 e. The lowest BCUT2D eigenvalue weighted by Crippen LogP contribution is -2.35. The van der Waals surface area contributed by atoms with Gasteiger partial charge in [-0.05, 0) is 35.6 Å². The fourth-order valence-corrected chi connectivity index (χ4v) is 4.92. The highest BCUT2D eigenvalue weighted by Crippen LogP contribution is 2.28. The summed E-state index contributed by atoms with van der Waals surface area (Å²) in [7, 11) is -3.74. The molecule has 2 aromatic carbocycles. The Balaban J connectivity index is 1.69. The van der Waals surface area contributed by atoms with Crippen molar-refractivity contribution in [3.05, 3.63) is 53.6 Å². The zero-order chi connectivity index (χ0) is 23.1. The van der Waals surface area contributed by atoms with Gasteiger partial charge in [-0.1, -0.05) is 38.1 Å². The van der Waals surface area contributed by atoms with Crippen LogP contribution in [-0.4, -0.2) is 51.8 Å². The van der Waals surface area contributed by atoms with Crippen molar-refractivity contribution < 1.29 is 17.9 Å². The summed E-state index contributed by atoms with van der Waals surface area (Å²) < 4.78 is 33.9. The Hall–Kier alpha value is -1.91. The SMILES string of the molecule is CSc1ccc(S(=O)(=O)NCc2cccc(CN3CCOCC3)c2)cc1NC(=O)C(C)C. The van der Waals surface area contributed by atoms with Gasteiger partial charge in [-0.25, -0.2) is 13.1 Å². The van der Waals surface area contributed by atoms with Gasteiger partial charge in [0.05, 0.1) is 23.8 Å². The number of nitrogens with one attached hydrogen (secondary N) is 2. The van der Waals surface area contributed by atoms with Crippen LogP contribution in [0.25, 0.3) is 0 Å². The molecule has 0 saturated carbocycles. The fraction of sp³-hybridized carbons (Fsp3) is 0.435. The average molecular weight is 478 g/mol. The summed E-state index contributed by atoms with van der Waals surface area (Å²) in [5, 5.41) is 2.83. The van der Waals surface area contributed by atoms with Crippen molar-refractivity contribution in [2.75, 3.05) is 37.9 Å². The third-order valence-electron chi connectivity index (χ3n) is 5.23. The number of hydrogen-bond donors (Lipinski definition) is 2. The Kier molecular flexibility index (Phi) is 8.72. The molecule has 2 N–H and O–H groups in total. The zero-order valence-electron chi connectivity index (χ0n) is 18.8. The number of morpholine rings is 1. The van der Waals surface area contributed by atoms with E-state index in [4.69, 9.17) is 4.74 Å².